The molecule has 1 amide bonds. The van der Waals surface area contributed by atoms with E-state index in [1.807, 2.05) is 0 Å². The standard InChI is InChI=1S/C15H19N5O2/c1-9-14(17-6-5-16-9)15(21)18-12-4-3-11(7-12)8-13-20-19-10(2)22-13/h5-6,11-12H,3-4,7-8H2,1-2H3,(H,18,21)/t11-,12+/m1/s1. The summed E-state index contributed by atoms with van der Waals surface area (Å²) in [6.07, 6.45) is 6.83. The summed E-state index contributed by atoms with van der Waals surface area (Å²) in [6, 6.07) is 0.169. The van der Waals surface area contributed by atoms with Crippen LogP contribution in [0.15, 0.2) is 16.8 Å². The lowest BCUT2D eigenvalue weighted by molar-refractivity contribution is 0.0931. The van der Waals surface area contributed by atoms with Crippen LogP contribution < -0.4 is 5.32 Å². The highest BCUT2D eigenvalue weighted by Crippen LogP contribution is 2.28. The predicted octanol–water partition coefficient (Wildman–Crippen LogP) is 1.62. The van der Waals surface area contributed by atoms with Gasteiger partial charge in [-0.05, 0) is 32.1 Å². The van der Waals surface area contributed by atoms with Gasteiger partial charge >= 0.3 is 0 Å². The molecule has 22 heavy (non-hydrogen) atoms. The van der Waals surface area contributed by atoms with Crippen molar-refractivity contribution in [3.63, 3.8) is 0 Å². The number of carbonyl (C=O) groups excluding carboxylic acids is 1. The fraction of sp³-hybridized carbons (Fsp3) is 0.533. The molecule has 116 valence electrons. The number of aromatic nitrogens is 4. The molecule has 0 aliphatic heterocycles. The van der Waals surface area contributed by atoms with Gasteiger partial charge in [-0.25, -0.2) is 4.98 Å². The quantitative estimate of drug-likeness (QED) is 0.922. The van der Waals surface area contributed by atoms with Crippen molar-refractivity contribution in [1.29, 1.82) is 0 Å². The maximum atomic E-state index is 12.2. The van der Waals surface area contributed by atoms with E-state index in [2.05, 4.69) is 25.5 Å². The van der Waals surface area contributed by atoms with Gasteiger partial charge in [0.25, 0.3) is 5.91 Å². The first-order valence-electron chi connectivity index (χ1n) is 7.49. The Bertz CT molecular complexity index is 669. The summed E-state index contributed by atoms with van der Waals surface area (Å²) in [5.74, 6) is 1.59. The Labute approximate surface area is 128 Å². The molecule has 0 spiro atoms. The number of aryl methyl sites for hydroxylation is 2. The minimum Gasteiger partial charge on any atom is -0.426 e. The maximum Gasteiger partial charge on any atom is 0.271 e. The average Bonchev–Trinajstić information content (AvgIpc) is 3.09. The molecule has 2 heterocycles. The third kappa shape index (κ3) is 3.29. The topological polar surface area (TPSA) is 93.8 Å². The summed E-state index contributed by atoms with van der Waals surface area (Å²) >= 11 is 0. The van der Waals surface area contributed by atoms with E-state index in [4.69, 9.17) is 4.42 Å². The van der Waals surface area contributed by atoms with Crippen LogP contribution in [0.1, 0.15) is 47.2 Å². The SMILES string of the molecule is Cc1nnc(C[C@@H]2CC[C@H](NC(=O)c3nccnc3C)C2)o1. The molecule has 0 bridgehead atoms. The minimum atomic E-state index is -0.148. The first-order valence-corrected chi connectivity index (χ1v) is 7.49. The van der Waals surface area contributed by atoms with Gasteiger partial charge in [0.2, 0.25) is 11.8 Å². The van der Waals surface area contributed by atoms with E-state index in [1.54, 1.807) is 20.0 Å². The van der Waals surface area contributed by atoms with Crippen molar-refractivity contribution in [1.82, 2.24) is 25.5 Å². The minimum absolute atomic E-state index is 0.148. The van der Waals surface area contributed by atoms with Crippen LogP contribution in [-0.2, 0) is 6.42 Å². The molecule has 1 aliphatic carbocycles. The van der Waals surface area contributed by atoms with Gasteiger partial charge in [0.15, 0.2) is 0 Å². The number of carbonyl (C=O) groups is 1. The predicted molar refractivity (Wildman–Crippen MR) is 78.1 cm³/mol. The number of amides is 1. The molecule has 7 nitrogen and oxygen atoms in total. The van der Waals surface area contributed by atoms with Crippen molar-refractivity contribution in [3.05, 3.63) is 35.6 Å². The lowest BCUT2D eigenvalue weighted by Gasteiger charge is -2.13. The fourth-order valence-corrected chi connectivity index (χ4v) is 2.94. The van der Waals surface area contributed by atoms with Gasteiger partial charge in [-0.1, -0.05) is 0 Å². The van der Waals surface area contributed by atoms with E-state index in [9.17, 15) is 4.79 Å². The molecular formula is C15H19N5O2. The van der Waals surface area contributed by atoms with Crippen LogP contribution in [-0.4, -0.2) is 32.1 Å². The first-order chi connectivity index (χ1) is 10.6. The molecule has 0 aromatic carbocycles. The Morgan fingerprint density at radius 1 is 1.27 bits per heavy atom. The van der Waals surface area contributed by atoms with Gasteiger partial charge in [-0.3, -0.25) is 9.78 Å². The molecule has 3 rings (SSSR count). The molecule has 2 aromatic heterocycles. The van der Waals surface area contributed by atoms with Gasteiger partial charge in [-0.2, -0.15) is 0 Å². The summed E-state index contributed by atoms with van der Waals surface area (Å²) in [7, 11) is 0. The molecule has 7 heteroatoms. The van der Waals surface area contributed by atoms with Crippen molar-refractivity contribution >= 4 is 5.91 Å². The van der Waals surface area contributed by atoms with E-state index in [0.717, 1.165) is 25.7 Å². The summed E-state index contributed by atoms with van der Waals surface area (Å²) in [4.78, 5) is 20.4. The van der Waals surface area contributed by atoms with Crippen molar-refractivity contribution < 1.29 is 9.21 Å². The molecule has 0 radical (unpaired) electrons. The summed E-state index contributed by atoms with van der Waals surface area (Å²) in [5, 5.41) is 10.9. The van der Waals surface area contributed by atoms with Crippen molar-refractivity contribution in [2.45, 2.75) is 45.6 Å². The molecule has 1 saturated carbocycles. The van der Waals surface area contributed by atoms with Crippen molar-refractivity contribution in [3.8, 4) is 0 Å². The highest BCUT2D eigenvalue weighted by atomic mass is 16.4. The Balaban J connectivity index is 1.55. The highest BCUT2D eigenvalue weighted by Gasteiger charge is 2.28. The van der Waals surface area contributed by atoms with Crippen LogP contribution in [0.5, 0.6) is 0 Å². The van der Waals surface area contributed by atoms with Crippen LogP contribution >= 0.6 is 0 Å². The Morgan fingerprint density at radius 3 is 2.82 bits per heavy atom. The fourth-order valence-electron chi connectivity index (χ4n) is 2.94. The van der Waals surface area contributed by atoms with Gasteiger partial charge in [0.05, 0.1) is 5.69 Å². The lowest BCUT2D eigenvalue weighted by atomic mass is 10.0. The summed E-state index contributed by atoms with van der Waals surface area (Å²) in [5.41, 5.74) is 1.05. The zero-order valence-corrected chi connectivity index (χ0v) is 12.7. The number of rotatable bonds is 4. The van der Waals surface area contributed by atoms with Crippen LogP contribution in [0.3, 0.4) is 0 Å². The number of nitrogens with zero attached hydrogens (tertiary/aromatic N) is 4. The maximum absolute atomic E-state index is 12.2. The Morgan fingerprint density at radius 2 is 2.09 bits per heavy atom. The molecule has 2 atom stereocenters. The molecular weight excluding hydrogens is 282 g/mol. The van der Waals surface area contributed by atoms with Crippen molar-refractivity contribution in [2.75, 3.05) is 0 Å². The third-order valence-electron chi connectivity index (χ3n) is 4.00. The Hall–Kier alpha value is -2.31. The second-order valence-electron chi connectivity index (χ2n) is 5.76. The van der Waals surface area contributed by atoms with Gasteiger partial charge < -0.3 is 9.73 Å². The van der Waals surface area contributed by atoms with Crippen molar-refractivity contribution in [2.24, 2.45) is 5.92 Å². The number of hydrogen-bond acceptors (Lipinski definition) is 6. The second kappa shape index (κ2) is 6.21. The van der Waals surface area contributed by atoms with Crippen LogP contribution in [0.4, 0.5) is 0 Å². The van der Waals surface area contributed by atoms with Gasteiger partial charge in [-0.15, -0.1) is 10.2 Å². The highest BCUT2D eigenvalue weighted by molar-refractivity contribution is 5.93. The van der Waals surface area contributed by atoms with E-state index in [-0.39, 0.29) is 11.9 Å². The zero-order valence-electron chi connectivity index (χ0n) is 12.7. The summed E-state index contributed by atoms with van der Waals surface area (Å²) < 4.78 is 5.42. The normalized spacial score (nSPS) is 21.0. The van der Waals surface area contributed by atoms with Crippen LogP contribution in [0, 0.1) is 19.8 Å². The average molecular weight is 301 g/mol. The molecule has 0 saturated heterocycles. The monoisotopic (exact) mass is 301 g/mol. The smallest absolute Gasteiger partial charge is 0.271 e. The lowest BCUT2D eigenvalue weighted by Crippen LogP contribution is -2.34. The van der Waals surface area contributed by atoms with E-state index in [0.29, 0.717) is 29.1 Å². The molecule has 1 fully saturated rings. The van der Waals surface area contributed by atoms with E-state index < -0.39 is 0 Å². The van der Waals surface area contributed by atoms with Crippen LogP contribution in [0.25, 0.3) is 0 Å². The van der Waals surface area contributed by atoms with E-state index >= 15 is 0 Å². The molecule has 1 aliphatic rings. The largest absolute Gasteiger partial charge is 0.426 e. The number of nitrogens with one attached hydrogen (secondary N) is 1. The third-order valence-corrected chi connectivity index (χ3v) is 4.00. The number of hydrogen-bond donors (Lipinski definition) is 1. The second-order valence-corrected chi connectivity index (χ2v) is 5.76. The molecule has 2 aromatic rings. The first kappa shape index (κ1) is 14.6. The molecule has 0 unspecified atom stereocenters. The van der Waals surface area contributed by atoms with Crippen LogP contribution in [0.2, 0.25) is 0 Å². The van der Waals surface area contributed by atoms with Gasteiger partial charge in [0.1, 0.15) is 5.69 Å². The Kier molecular flexibility index (Phi) is 4.13. The zero-order chi connectivity index (χ0) is 15.5. The van der Waals surface area contributed by atoms with E-state index in [1.165, 1.54) is 6.20 Å². The summed E-state index contributed by atoms with van der Waals surface area (Å²) in [6.45, 7) is 3.58. The van der Waals surface area contributed by atoms with Gasteiger partial charge in [0, 0.05) is 31.8 Å². The molecule has 1 N–H and O–H groups in total.